The number of halogens is 2. The molecule has 0 saturated carbocycles. The molecule has 1 aromatic carbocycles. The Kier molecular flexibility index (Phi) is 7.50. The van der Waals surface area contributed by atoms with Crippen LogP contribution in [0.5, 0.6) is 0 Å². The predicted octanol–water partition coefficient (Wildman–Crippen LogP) is 3.92. The number of benzene rings is 1. The van der Waals surface area contributed by atoms with Crippen molar-refractivity contribution < 1.29 is 4.79 Å². The Balaban J connectivity index is 1.63. The van der Waals surface area contributed by atoms with Crippen LogP contribution in [0.25, 0.3) is 0 Å². The highest BCUT2D eigenvalue weighted by atomic mass is 35.5. The third-order valence-electron chi connectivity index (χ3n) is 4.02. The lowest BCUT2D eigenvalue weighted by Gasteiger charge is -2.19. The fourth-order valence-corrected chi connectivity index (χ4v) is 3.11. The molecule has 0 atom stereocenters. The third kappa shape index (κ3) is 6.15. The molecule has 0 unspecified atom stereocenters. The summed E-state index contributed by atoms with van der Waals surface area (Å²) in [6, 6.07) is 5.32. The Hall–Kier alpha value is -0.770. The monoisotopic (exact) mass is 342 g/mol. The van der Waals surface area contributed by atoms with Crippen molar-refractivity contribution in [3.63, 3.8) is 0 Å². The number of nitrogens with zero attached hydrogens (tertiary/aromatic N) is 1. The van der Waals surface area contributed by atoms with Crippen molar-refractivity contribution >= 4 is 29.1 Å². The van der Waals surface area contributed by atoms with Crippen LogP contribution in [0.2, 0.25) is 10.0 Å². The number of rotatable bonds is 6. The fourth-order valence-electron chi connectivity index (χ4n) is 2.79. The first-order chi connectivity index (χ1) is 10.6. The van der Waals surface area contributed by atoms with Gasteiger partial charge in [-0.25, -0.2) is 0 Å². The number of likely N-dealkylation sites (tertiary alicyclic amines) is 1. The maximum absolute atomic E-state index is 11.9. The van der Waals surface area contributed by atoms with Gasteiger partial charge in [0, 0.05) is 6.54 Å². The van der Waals surface area contributed by atoms with Crippen molar-refractivity contribution in [1.29, 1.82) is 0 Å². The van der Waals surface area contributed by atoms with Crippen molar-refractivity contribution in [2.45, 2.75) is 38.5 Å². The van der Waals surface area contributed by atoms with Gasteiger partial charge in [0.1, 0.15) is 0 Å². The SMILES string of the molecule is O=C(Cc1ccc(Cl)c(Cl)c1)NCCCN1CCCCCC1. The molecule has 3 nitrogen and oxygen atoms in total. The van der Waals surface area contributed by atoms with Crippen molar-refractivity contribution in [3.8, 4) is 0 Å². The van der Waals surface area contributed by atoms with Gasteiger partial charge in [0.25, 0.3) is 0 Å². The van der Waals surface area contributed by atoms with Crippen molar-refractivity contribution in [3.05, 3.63) is 33.8 Å². The minimum atomic E-state index is 0.0363. The average molecular weight is 343 g/mol. The molecule has 2 rings (SSSR count). The first-order valence-corrected chi connectivity index (χ1v) is 8.84. The Morgan fingerprint density at radius 1 is 1.09 bits per heavy atom. The molecule has 1 heterocycles. The molecule has 1 aromatic rings. The summed E-state index contributed by atoms with van der Waals surface area (Å²) in [6.45, 7) is 4.22. The quantitative estimate of drug-likeness (QED) is 0.794. The minimum Gasteiger partial charge on any atom is -0.356 e. The van der Waals surface area contributed by atoms with Gasteiger partial charge < -0.3 is 10.2 Å². The highest BCUT2D eigenvalue weighted by Crippen LogP contribution is 2.22. The van der Waals surface area contributed by atoms with E-state index in [1.54, 1.807) is 12.1 Å². The molecule has 0 bridgehead atoms. The molecule has 1 aliphatic rings. The van der Waals surface area contributed by atoms with E-state index in [-0.39, 0.29) is 5.91 Å². The standard InChI is InChI=1S/C17H24Cl2N2O/c18-15-7-6-14(12-16(15)19)13-17(22)20-8-5-11-21-9-3-1-2-4-10-21/h6-7,12H,1-5,8-11,13H2,(H,20,22). The number of carbonyl (C=O) groups excluding carboxylic acids is 1. The van der Waals surface area contributed by atoms with Crippen LogP contribution in [0.15, 0.2) is 18.2 Å². The van der Waals surface area contributed by atoms with Crippen molar-refractivity contribution in [2.24, 2.45) is 0 Å². The molecule has 0 aliphatic carbocycles. The molecule has 0 radical (unpaired) electrons. The number of hydrogen-bond donors (Lipinski definition) is 1. The fraction of sp³-hybridized carbons (Fsp3) is 0.588. The maximum atomic E-state index is 11.9. The minimum absolute atomic E-state index is 0.0363. The van der Waals surface area contributed by atoms with Gasteiger partial charge in [0.2, 0.25) is 5.91 Å². The van der Waals surface area contributed by atoms with E-state index in [1.807, 2.05) is 6.07 Å². The zero-order chi connectivity index (χ0) is 15.8. The zero-order valence-electron chi connectivity index (χ0n) is 12.9. The van der Waals surface area contributed by atoms with E-state index in [2.05, 4.69) is 10.2 Å². The van der Waals surface area contributed by atoms with Gasteiger partial charge in [0.15, 0.2) is 0 Å². The number of carbonyl (C=O) groups is 1. The molecule has 0 aromatic heterocycles. The average Bonchev–Trinajstić information content (AvgIpc) is 2.76. The van der Waals surface area contributed by atoms with Crippen LogP contribution in [0.4, 0.5) is 0 Å². The van der Waals surface area contributed by atoms with E-state index in [1.165, 1.54) is 38.8 Å². The van der Waals surface area contributed by atoms with Crippen LogP contribution in [0.1, 0.15) is 37.7 Å². The van der Waals surface area contributed by atoms with E-state index in [9.17, 15) is 4.79 Å². The molecule has 1 saturated heterocycles. The molecule has 1 aliphatic heterocycles. The lowest BCUT2D eigenvalue weighted by atomic mass is 10.1. The molecule has 1 N–H and O–H groups in total. The third-order valence-corrected chi connectivity index (χ3v) is 4.76. The van der Waals surface area contributed by atoms with Gasteiger partial charge in [-0.05, 0) is 56.6 Å². The van der Waals surface area contributed by atoms with E-state index in [0.717, 1.165) is 25.1 Å². The predicted molar refractivity (Wildman–Crippen MR) is 92.7 cm³/mol. The first-order valence-electron chi connectivity index (χ1n) is 8.08. The van der Waals surface area contributed by atoms with Gasteiger partial charge in [-0.3, -0.25) is 4.79 Å². The van der Waals surface area contributed by atoms with Crippen molar-refractivity contribution in [1.82, 2.24) is 10.2 Å². The second-order valence-corrected chi connectivity index (χ2v) is 6.70. The summed E-state index contributed by atoms with van der Waals surface area (Å²) in [7, 11) is 0. The second-order valence-electron chi connectivity index (χ2n) is 5.88. The topological polar surface area (TPSA) is 32.3 Å². The summed E-state index contributed by atoms with van der Waals surface area (Å²) in [5.41, 5.74) is 0.888. The number of amides is 1. The van der Waals surface area contributed by atoms with Gasteiger partial charge in [-0.1, -0.05) is 42.1 Å². The molecule has 1 fully saturated rings. The molecule has 5 heteroatoms. The van der Waals surface area contributed by atoms with Gasteiger partial charge in [-0.2, -0.15) is 0 Å². The summed E-state index contributed by atoms with van der Waals surface area (Å²) in [5.74, 6) is 0.0363. The molecule has 1 amide bonds. The summed E-state index contributed by atoms with van der Waals surface area (Å²) in [6.07, 6.45) is 6.69. The lowest BCUT2D eigenvalue weighted by molar-refractivity contribution is -0.120. The first kappa shape index (κ1) is 17.6. The molecular weight excluding hydrogens is 319 g/mol. The Morgan fingerprint density at radius 2 is 1.82 bits per heavy atom. The molecule has 22 heavy (non-hydrogen) atoms. The van der Waals surface area contributed by atoms with E-state index >= 15 is 0 Å². The highest BCUT2D eigenvalue weighted by Gasteiger charge is 2.09. The smallest absolute Gasteiger partial charge is 0.224 e. The normalized spacial score (nSPS) is 16.3. The second kappa shape index (κ2) is 9.39. The Morgan fingerprint density at radius 3 is 2.50 bits per heavy atom. The number of hydrogen-bond acceptors (Lipinski definition) is 2. The summed E-state index contributed by atoms with van der Waals surface area (Å²) >= 11 is 11.8. The maximum Gasteiger partial charge on any atom is 0.224 e. The Bertz CT molecular complexity index is 486. The van der Waals surface area contributed by atoms with E-state index < -0.39 is 0 Å². The largest absolute Gasteiger partial charge is 0.356 e. The van der Waals surface area contributed by atoms with Crippen LogP contribution in [-0.2, 0) is 11.2 Å². The van der Waals surface area contributed by atoms with Crippen LogP contribution < -0.4 is 5.32 Å². The molecule has 0 spiro atoms. The Labute approximate surface area is 143 Å². The summed E-state index contributed by atoms with van der Waals surface area (Å²) < 4.78 is 0. The van der Waals surface area contributed by atoms with Crippen LogP contribution >= 0.6 is 23.2 Å². The molecule has 122 valence electrons. The highest BCUT2D eigenvalue weighted by molar-refractivity contribution is 6.42. The van der Waals surface area contributed by atoms with Gasteiger partial charge in [0.05, 0.1) is 16.5 Å². The van der Waals surface area contributed by atoms with Crippen LogP contribution in [0, 0.1) is 0 Å². The number of nitrogens with one attached hydrogen (secondary N) is 1. The van der Waals surface area contributed by atoms with Crippen LogP contribution in [-0.4, -0.2) is 37.0 Å². The van der Waals surface area contributed by atoms with E-state index in [4.69, 9.17) is 23.2 Å². The van der Waals surface area contributed by atoms with Crippen LogP contribution in [0.3, 0.4) is 0 Å². The van der Waals surface area contributed by atoms with E-state index in [0.29, 0.717) is 16.5 Å². The van der Waals surface area contributed by atoms with Gasteiger partial charge in [-0.15, -0.1) is 0 Å². The summed E-state index contributed by atoms with van der Waals surface area (Å²) in [5, 5.41) is 3.99. The summed E-state index contributed by atoms with van der Waals surface area (Å²) in [4.78, 5) is 14.4. The van der Waals surface area contributed by atoms with Gasteiger partial charge >= 0.3 is 0 Å². The lowest BCUT2D eigenvalue weighted by Crippen LogP contribution is -2.31. The zero-order valence-corrected chi connectivity index (χ0v) is 14.4. The van der Waals surface area contributed by atoms with Crippen molar-refractivity contribution in [2.75, 3.05) is 26.2 Å². The molecular formula is C17H24Cl2N2O.